The van der Waals surface area contributed by atoms with Crippen LogP contribution in [0, 0.1) is 11.7 Å². The van der Waals surface area contributed by atoms with E-state index in [2.05, 4.69) is 47.9 Å². The lowest BCUT2D eigenvalue weighted by Crippen LogP contribution is -2.39. The molecule has 9 heteroatoms. The Morgan fingerprint density at radius 2 is 1.94 bits per heavy atom. The molecule has 36 heavy (non-hydrogen) atoms. The van der Waals surface area contributed by atoms with Crippen LogP contribution in [0.2, 0.25) is 0 Å². The van der Waals surface area contributed by atoms with E-state index in [-0.39, 0.29) is 11.4 Å². The maximum atomic E-state index is 13.4. The van der Waals surface area contributed by atoms with Gasteiger partial charge < -0.3 is 10.1 Å². The first-order chi connectivity index (χ1) is 17.3. The Labute approximate surface area is 216 Å². The van der Waals surface area contributed by atoms with Gasteiger partial charge >= 0.3 is 0 Å². The zero-order chi connectivity index (χ0) is 26.6. The summed E-state index contributed by atoms with van der Waals surface area (Å²) in [5.41, 5.74) is 2.83. The lowest BCUT2D eigenvalue weighted by atomic mass is 9.87. The number of nitrogens with one attached hydrogen (secondary N) is 2. The van der Waals surface area contributed by atoms with E-state index in [1.807, 2.05) is 13.0 Å². The Bertz CT molecular complexity index is 969. The van der Waals surface area contributed by atoms with Gasteiger partial charge in [-0.05, 0) is 82.1 Å². The predicted molar refractivity (Wildman–Crippen MR) is 144 cm³/mol. The topological polar surface area (TPSA) is 87.3 Å². The fourth-order valence-corrected chi connectivity index (χ4v) is 4.47. The average Bonchev–Trinajstić information content (AvgIpc) is 3.44. The molecule has 0 saturated heterocycles. The number of hydrogen-bond donors (Lipinski definition) is 2. The predicted octanol–water partition coefficient (Wildman–Crippen LogP) is 5.00. The summed E-state index contributed by atoms with van der Waals surface area (Å²) in [6.07, 6.45) is 8.56. The molecule has 198 valence electrons. The molecule has 7 nitrogen and oxygen atoms in total. The lowest BCUT2D eigenvalue weighted by molar-refractivity contribution is -0.110. The average molecular weight is 519 g/mol. The van der Waals surface area contributed by atoms with Crippen LogP contribution in [-0.2, 0) is 16.1 Å². The van der Waals surface area contributed by atoms with Crippen LogP contribution in [0.1, 0.15) is 81.0 Å². The Kier molecular flexibility index (Phi) is 12.4. The van der Waals surface area contributed by atoms with Crippen molar-refractivity contribution in [3.8, 4) is 0 Å². The van der Waals surface area contributed by atoms with Crippen molar-refractivity contribution in [2.75, 3.05) is 13.7 Å². The molecule has 1 heterocycles. The minimum absolute atomic E-state index is 0.0314. The molecule has 2 aliphatic rings. The maximum absolute atomic E-state index is 13.4. The zero-order valence-corrected chi connectivity index (χ0v) is 22.9. The SMILES string of the molecule is CC1(N(Cc2cccc(F)c2)C(=P)c2cc(C=O)[nH]n2)CC1.CC1CCC(NC=O)CC1.CCOC. The molecule has 0 radical (unpaired) electrons. The van der Waals surface area contributed by atoms with Crippen LogP contribution in [-0.4, -0.2) is 58.5 Å². The molecule has 2 saturated carbocycles. The molecular weight excluding hydrogens is 478 g/mol. The van der Waals surface area contributed by atoms with Crippen LogP contribution >= 0.6 is 8.86 Å². The van der Waals surface area contributed by atoms with Crippen molar-refractivity contribution in [2.24, 2.45) is 5.92 Å². The molecule has 0 bridgehead atoms. The van der Waals surface area contributed by atoms with Crippen molar-refractivity contribution in [1.82, 2.24) is 20.4 Å². The molecule has 0 spiro atoms. The van der Waals surface area contributed by atoms with Crippen LogP contribution in [0.25, 0.3) is 0 Å². The van der Waals surface area contributed by atoms with Gasteiger partial charge in [0, 0.05) is 31.8 Å². The molecule has 1 amide bonds. The highest BCUT2D eigenvalue weighted by atomic mass is 31.0. The van der Waals surface area contributed by atoms with Crippen LogP contribution < -0.4 is 5.32 Å². The first-order valence-electron chi connectivity index (χ1n) is 12.6. The van der Waals surface area contributed by atoms with Crippen LogP contribution in [0.5, 0.6) is 0 Å². The van der Waals surface area contributed by atoms with Gasteiger partial charge in [0.2, 0.25) is 6.41 Å². The standard InChI is InChI=1S/C16H17FN3OP.C8H15NO.C3H8O/c1-16(5-6-16)20(9-11-3-2-4-12(17)7-11)15(22)14-8-13(10-21)18-19-14;1-7-2-4-8(5-3-7)9-6-10;1-3-4-2/h2-4,7-8,10,22H,5-6,9H2,1H3,(H,18,19);6-8H,2-5H2,1H3,(H,9,10);3H2,1-2H3. The van der Waals surface area contributed by atoms with Crippen molar-refractivity contribution in [1.29, 1.82) is 0 Å². The number of aromatic nitrogens is 2. The third-order valence-electron chi connectivity index (χ3n) is 6.70. The largest absolute Gasteiger partial charge is 0.385 e. The molecule has 4 rings (SSSR count). The quantitative estimate of drug-likeness (QED) is 0.360. The van der Waals surface area contributed by atoms with Gasteiger partial charge in [-0.25, -0.2) is 4.39 Å². The Morgan fingerprint density at radius 1 is 1.28 bits per heavy atom. The zero-order valence-electron chi connectivity index (χ0n) is 21.9. The fourth-order valence-electron chi connectivity index (χ4n) is 3.99. The van der Waals surface area contributed by atoms with Gasteiger partial charge in [-0.2, -0.15) is 5.10 Å². The number of aromatic amines is 1. The summed E-state index contributed by atoms with van der Waals surface area (Å²) < 4.78 is 18.0. The Morgan fingerprint density at radius 3 is 2.44 bits per heavy atom. The van der Waals surface area contributed by atoms with E-state index in [1.165, 1.54) is 31.7 Å². The van der Waals surface area contributed by atoms with Gasteiger partial charge in [0.1, 0.15) is 11.5 Å². The molecule has 2 fully saturated rings. The van der Waals surface area contributed by atoms with E-state index in [0.29, 0.717) is 24.0 Å². The first-order valence-corrected chi connectivity index (χ1v) is 13.1. The number of ether oxygens (including phenoxy) is 1. The van der Waals surface area contributed by atoms with E-state index >= 15 is 0 Å². The summed E-state index contributed by atoms with van der Waals surface area (Å²) in [6, 6.07) is 8.76. The van der Waals surface area contributed by atoms with Gasteiger partial charge in [-0.1, -0.05) is 27.9 Å². The van der Waals surface area contributed by atoms with E-state index in [1.54, 1.807) is 25.3 Å². The van der Waals surface area contributed by atoms with Crippen molar-refractivity contribution in [3.63, 3.8) is 0 Å². The highest BCUT2D eigenvalue weighted by Crippen LogP contribution is 2.43. The van der Waals surface area contributed by atoms with Gasteiger partial charge in [-0.15, -0.1) is 0 Å². The first kappa shape index (κ1) is 29.8. The number of halogens is 1. The van der Waals surface area contributed by atoms with Crippen molar-refractivity contribution in [2.45, 2.75) is 77.4 Å². The van der Waals surface area contributed by atoms with Crippen molar-refractivity contribution in [3.05, 3.63) is 53.1 Å². The van der Waals surface area contributed by atoms with Gasteiger partial charge in [0.25, 0.3) is 0 Å². The number of methoxy groups -OCH3 is 1. The number of amides is 1. The third-order valence-corrected chi connectivity index (χ3v) is 7.23. The number of aldehydes is 1. The molecule has 2 N–H and O–H groups in total. The minimum atomic E-state index is -0.239. The number of rotatable bonds is 9. The smallest absolute Gasteiger partial charge is 0.207 e. The second-order valence-electron chi connectivity index (χ2n) is 9.71. The van der Waals surface area contributed by atoms with Crippen molar-refractivity contribution >= 4 is 27.0 Å². The molecular formula is C27H40FN4O3P. The molecule has 1 aromatic heterocycles. The summed E-state index contributed by atoms with van der Waals surface area (Å²) in [5.74, 6) is 0.627. The maximum Gasteiger partial charge on any atom is 0.207 e. The highest BCUT2D eigenvalue weighted by molar-refractivity contribution is 7.21. The summed E-state index contributed by atoms with van der Waals surface area (Å²) in [4.78, 5) is 23.0. The molecule has 2 aromatic rings. The van der Waals surface area contributed by atoms with Crippen molar-refractivity contribution < 1.29 is 18.7 Å². The second-order valence-corrected chi connectivity index (χ2v) is 10.2. The van der Waals surface area contributed by atoms with Gasteiger partial charge in [0.15, 0.2) is 6.29 Å². The lowest BCUT2D eigenvalue weighted by Gasteiger charge is -2.29. The summed E-state index contributed by atoms with van der Waals surface area (Å²) in [5, 5.41) is 9.65. The molecule has 0 unspecified atom stereocenters. The number of carbonyl (C=O) groups is 2. The molecule has 2 aliphatic carbocycles. The van der Waals surface area contributed by atoms with Crippen LogP contribution in [0.15, 0.2) is 30.3 Å². The monoisotopic (exact) mass is 518 g/mol. The van der Waals surface area contributed by atoms with Crippen LogP contribution in [0.3, 0.4) is 0 Å². The number of nitrogens with zero attached hydrogens (tertiary/aromatic N) is 2. The summed E-state index contributed by atoms with van der Waals surface area (Å²) in [7, 11) is 5.34. The van der Waals surface area contributed by atoms with E-state index in [4.69, 9.17) is 0 Å². The van der Waals surface area contributed by atoms with Gasteiger partial charge in [0.05, 0.1) is 11.1 Å². The fraction of sp³-hybridized carbons (Fsp3) is 0.556. The highest BCUT2D eigenvalue weighted by Gasteiger charge is 2.45. The molecule has 0 atom stereocenters. The Hall–Kier alpha value is -2.41. The minimum Gasteiger partial charge on any atom is -0.385 e. The normalized spacial score (nSPS) is 19.7. The summed E-state index contributed by atoms with van der Waals surface area (Å²) in [6.45, 7) is 7.80. The number of benzene rings is 1. The van der Waals surface area contributed by atoms with Gasteiger partial charge in [-0.3, -0.25) is 19.6 Å². The Balaban J connectivity index is 0.000000270. The number of hydrogen-bond acceptors (Lipinski definition) is 4. The number of H-pyrrole nitrogens is 1. The number of carbonyl (C=O) groups excluding carboxylic acids is 2. The van der Waals surface area contributed by atoms with E-state index in [0.717, 1.165) is 49.0 Å². The van der Waals surface area contributed by atoms with Crippen LogP contribution in [0.4, 0.5) is 4.39 Å². The third kappa shape index (κ3) is 9.57. The molecule has 1 aromatic carbocycles. The van der Waals surface area contributed by atoms with E-state index < -0.39 is 0 Å². The summed E-state index contributed by atoms with van der Waals surface area (Å²) >= 11 is 0. The van der Waals surface area contributed by atoms with E-state index in [9.17, 15) is 14.0 Å². The second kappa shape index (κ2) is 15.0. The molecule has 0 aliphatic heterocycles.